The molecule has 1 saturated heterocycles. The molecule has 1 unspecified atom stereocenters. The van der Waals surface area contributed by atoms with Gasteiger partial charge in [-0.2, -0.15) is 0 Å². The zero-order valence-corrected chi connectivity index (χ0v) is 4.31. The maximum atomic E-state index is 10.5. The summed E-state index contributed by atoms with van der Waals surface area (Å²) in [5.41, 5.74) is 0. The van der Waals surface area contributed by atoms with Crippen molar-refractivity contribution in [1.29, 1.82) is 0 Å². The van der Waals surface area contributed by atoms with E-state index >= 15 is 0 Å². The van der Waals surface area contributed by atoms with E-state index < -0.39 is 0 Å². The smallest absolute Gasteiger partial charge is 0.00497 e. The quantitative estimate of drug-likeness (QED) is 0.428. The molecule has 1 N–H and O–H groups in total. The lowest BCUT2D eigenvalue weighted by Crippen LogP contribution is -2.41. The molecule has 0 aromatic rings. The average molecular weight is 100 g/mol. The van der Waals surface area contributed by atoms with Crippen LogP contribution in [0.3, 0.4) is 0 Å². The Morgan fingerprint density at radius 3 is 2.71 bits per heavy atom. The molecule has 0 radical (unpaired) electrons. The molecule has 42 valence electrons. The maximum absolute atomic E-state index is 10.5. The van der Waals surface area contributed by atoms with Crippen LogP contribution in [0.25, 0.3) is 0 Å². The van der Waals surface area contributed by atoms with E-state index in [0.717, 1.165) is 19.4 Å². The first-order valence-electron chi connectivity index (χ1n) is 2.76. The molecule has 0 aromatic heterocycles. The minimum atomic E-state index is -0.325. The molecule has 0 spiro atoms. The van der Waals surface area contributed by atoms with Crippen LogP contribution < -0.4 is 10.4 Å². The highest BCUT2D eigenvalue weighted by molar-refractivity contribution is 4.64. The highest BCUT2D eigenvalue weighted by atomic mass is 16.3. The van der Waals surface area contributed by atoms with Crippen molar-refractivity contribution in [3.63, 3.8) is 0 Å². The Morgan fingerprint density at radius 2 is 2.43 bits per heavy atom. The molecule has 2 heteroatoms. The molecule has 0 bridgehead atoms. The van der Waals surface area contributed by atoms with Crippen LogP contribution in [0.2, 0.25) is 0 Å². The lowest BCUT2D eigenvalue weighted by Gasteiger charge is -2.26. The van der Waals surface area contributed by atoms with Crippen molar-refractivity contribution in [1.82, 2.24) is 5.32 Å². The number of hydrogen-bond donors (Lipinski definition) is 1. The van der Waals surface area contributed by atoms with Crippen LogP contribution in [0, 0.1) is 0 Å². The number of rotatable bonds is 0. The van der Waals surface area contributed by atoms with E-state index in [0.29, 0.717) is 6.54 Å². The fourth-order valence-corrected chi connectivity index (χ4v) is 0.820. The van der Waals surface area contributed by atoms with Crippen molar-refractivity contribution < 1.29 is 5.11 Å². The predicted octanol–water partition coefficient (Wildman–Crippen LogP) is -0.901. The van der Waals surface area contributed by atoms with Crippen LogP contribution in [0.5, 0.6) is 0 Å². The number of piperidine rings is 1. The van der Waals surface area contributed by atoms with Crippen molar-refractivity contribution in [3.05, 3.63) is 0 Å². The Labute approximate surface area is 43.5 Å². The van der Waals surface area contributed by atoms with E-state index in [9.17, 15) is 5.11 Å². The summed E-state index contributed by atoms with van der Waals surface area (Å²) in [4.78, 5) is 0. The fourth-order valence-electron chi connectivity index (χ4n) is 0.820. The molecule has 1 aliphatic rings. The second kappa shape index (κ2) is 2.28. The Hall–Kier alpha value is -0.0800. The largest absolute Gasteiger partial charge is 0.851 e. The molecule has 1 heterocycles. The van der Waals surface area contributed by atoms with Crippen molar-refractivity contribution in [3.8, 4) is 0 Å². The summed E-state index contributed by atoms with van der Waals surface area (Å²) in [5, 5.41) is 13.5. The first-order chi connectivity index (χ1) is 3.39. The van der Waals surface area contributed by atoms with Gasteiger partial charge in [0.2, 0.25) is 0 Å². The van der Waals surface area contributed by atoms with Gasteiger partial charge in [0.25, 0.3) is 0 Å². The molecule has 7 heavy (non-hydrogen) atoms. The summed E-state index contributed by atoms with van der Waals surface area (Å²) in [6.07, 6.45) is 1.61. The highest BCUT2D eigenvalue weighted by Gasteiger charge is 1.98. The summed E-state index contributed by atoms with van der Waals surface area (Å²) < 4.78 is 0. The minimum Gasteiger partial charge on any atom is -0.851 e. The van der Waals surface area contributed by atoms with Gasteiger partial charge in [-0.3, -0.25) is 0 Å². The SMILES string of the molecule is [O-]C1CCCNC1. The van der Waals surface area contributed by atoms with E-state index in [-0.39, 0.29) is 6.10 Å². The van der Waals surface area contributed by atoms with Crippen molar-refractivity contribution >= 4 is 0 Å². The van der Waals surface area contributed by atoms with E-state index in [1.54, 1.807) is 0 Å². The number of nitrogens with one attached hydrogen (secondary N) is 1. The summed E-state index contributed by atoms with van der Waals surface area (Å²) in [6.45, 7) is 1.72. The van der Waals surface area contributed by atoms with Crippen molar-refractivity contribution in [2.45, 2.75) is 18.9 Å². The highest BCUT2D eigenvalue weighted by Crippen LogP contribution is 1.95. The minimum absolute atomic E-state index is 0.325. The molecule has 1 atom stereocenters. The molecule has 0 aromatic carbocycles. The average Bonchev–Trinajstić information content (AvgIpc) is 1.69. The Morgan fingerprint density at radius 1 is 1.57 bits per heavy atom. The van der Waals surface area contributed by atoms with Crippen LogP contribution in [0.4, 0.5) is 0 Å². The molecule has 2 nitrogen and oxygen atoms in total. The molecular formula is C5H10NO-. The summed E-state index contributed by atoms with van der Waals surface area (Å²) in [7, 11) is 0. The second-order valence-corrected chi connectivity index (χ2v) is 1.97. The van der Waals surface area contributed by atoms with Crippen LogP contribution in [0.1, 0.15) is 12.8 Å². The monoisotopic (exact) mass is 100 g/mol. The van der Waals surface area contributed by atoms with Gasteiger partial charge in [0.1, 0.15) is 0 Å². The lowest BCUT2D eigenvalue weighted by atomic mass is 10.1. The summed E-state index contributed by atoms with van der Waals surface area (Å²) in [6, 6.07) is 0. The van der Waals surface area contributed by atoms with Gasteiger partial charge in [0, 0.05) is 0 Å². The standard InChI is InChI=1S/C5H10NO/c7-5-2-1-3-6-4-5/h5-6H,1-4H2/q-1. The third kappa shape index (κ3) is 1.45. The van der Waals surface area contributed by atoms with E-state index in [2.05, 4.69) is 5.32 Å². The van der Waals surface area contributed by atoms with Gasteiger partial charge in [0.15, 0.2) is 0 Å². The van der Waals surface area contributed by atoms with Gasteiger partial charge < -0.3 is 10.4 Å². The van der Waals surface area contributed by atoms with Crippen LogP contribution in [-0.2, 0) is 0 Å². The molecule has 1 fully saturated rings. The van der Waals surface area contributed by atoms with Crippen molar-refractivity contribution in [2.75, 3.05) is 13.1 Å². The molecule has 0 aliphatic carbocycles. The van der Waals surface area contributed by atoms with Crippen LogP contribution >= 0.6 is 0 Å². The molecular weight excluding hydrogens is 90.1 g/mol. The topological polar surface area (TPSA) is 35.1 Å². The third-order valence-electron chi connectivity index (χ3n) is 1.25. The van der Waals surface area contributed by atoms with Gasteiger partial charge in [0.05, 0.1) is 0 Å². The van der Waals surface area contributed by atoms with Gasteiger partial charge in [-0.15, -0.1) is 6.10 Å². The Bertz CT molecular complexity index is 50.0. The maximum Gasteiger partial charge on any atom is -0.00497 e. The van der Waals surface area contributed by atoms with E-state index in [1.807, 2.05) is 0 Å². The van der Waals surface area contributed by atoms with Crippen LogP contribution in [0.15, 0.2) is 0 Å². The van der Waals surface area contributed by atoms with E-state index in [1.165, 1.54) is 0 Å². The van der Waals surface area contributed by atoms with Crippen molar-refractivity contribution in [2.24, 2.45) is 0 Å². The van der Waals surface area contributed by atoms with Gasteiger partial charge >= 0.3 is 0 Å². The van der Waals surface area contributed by atoms with Gasteiger partial charge in [-0.05, 0) is 19.5 Å². The molecule has 0 saturated carbocycles. The normalized spacial score (nSPS) is 33.0. The molecule has 0 amide bonds. The van der Waals surface area contributed by atoms with Gasteiger partial charge in [-0.1, -0.05) is 6.42 Å². The summed E-state index contributed by atoms with van der Waals surface area (Å²) in [5.74, 6) is 0. The lowest BCUT2D eigenvalue weighted by molar-refractivity contribution is -0.421. The van der Waals surface area contributed by atoms with Crippen LogP contribution in [-0.4, -0.2) is 19.2 Å². The van der Waals surface area contributed by atoms with Gasteiger partial charge in [-0.25, -0.2) is 0 Å². The second-order valence-electron chi connectivity index (χ2n) is 1.97. The van der Waals surface area contributed by atoms with E-state index in [4.69, 9.17) is 0 Å². The first-order valence-corrected chi connectivity index (χ1v) is 2.76. The first kappa shape index (κ1) is 5.06. The zero-order chi connectivity index (χ0) is 5.11. The Kier molecular flexibility index (Phi) is 1.65. The fraction of sp³-hybridized carbons (Fsp3) is 1.00. The number of hydrogen-bond acceptors (Lipinski definition) is 2. The zero-order valence-electron chi connectivity index (χ0n) is 4.31. The molecule has 1 rings (SSSR count). The predicted molar refractivity (Wildman–Crippen MR) is 25.9 cm³/mol. The molecule has 1 aliphatic heterocycles. The summed E-state index contributed by atoms with van der Waals surface area (Å²) >= 11 is 0. The Balaban J connectivity index is 2.12. The third-order valence-corrected chi connectivity index (χ3v) is 1.25.